The number of carbonyl (C=O) groups is 2. The van der Waals surface area contributed by atoms with E-state index in [1.807, 2.05) is 76.8 Å². The van der Waals surface area contributed by atoms with E-state index in [9.17, 15) is 9.59 Å². The van der Waals surface area contributed by atoms with E-state index in [1.54, 1.807) is 11.8 Å². The molecule has 0 aromatic heterocycles. The third kappa shape index (κ3) is 3.31. The third-order valence-electron chi connectivity index (χ3n) is 4.65. The monoisotopic (exact) mass is 338 g/mol. The van der Waals surface area contributed by atoms with Gasteiger partial charge < -0.3 is 4.74 Å². The first-order chi connectivity index (χ1) is 11.7. The van der Waals surface area contributed by atoms with Crippen LogP contribution in [0.1, 0.15) is 33.3 Å². The van der Waals surface area contributed by atoms with Crippen LogP contribution in [0, 0.1) is 37.0 Å². The van der Waals surface area contributed by atoms with E-state index >= 15 is 0 Å². The number of esters is 1. The Hall–Kier alpha value is -1.84. The molecule has 5 radical (unpaired) electrons. The van der Waals surface area contributed by atoms with E-state index in [0.29, 0.717) is 6.42 Å². The van der Waals surface area contributed by atoms with Crippen molar-refractivity contribution in [2.75, 3.05) is 0 Å². The third-order valence-corrected chi connectivity index (χ3v) is 4.65. The van der Waals surface area contributed by atoms with Gasteiger partial charge in [0.1, 0.15) is 5.54 Å². The van der Waals surface area contributed by atoms with Crippen molar-refractivity contribution in [3.63, 3.8) is 0 Å². The van der Waals surface area contributed by atoms with Gasteiger partial charge in [-0.3, -0.25) is 9.69 Å². The molecule has 1 heterocycles. The Bertz CT molecular complexity index is 643. The molecule has 2 aliphatic rings. The molecule has 1 saturated carbocycles. The summed E-state index contributed by atoms with van der Waals surface area (Å²) in [6.45, 7) is 7.39. The summed E-state index contributed by atoms with van der Waals surface area (Å²) < 4.78 is 5.69. The molecule has 3 rings (SSSR count). The molecule has 1 aliphatic heterocycles. The van der Waals surface area contributed by atoms with Gasteiger partial charge in [-0.25, -0.2) is 4.79 Å². The van der Waals surface area contributed by atoms with Gasteiger partial charge in [0, 0.05) is 17.8 Å². The summed E-state index contributed by atoms with van der Waals surface area (Å²) in [5, 5.41) is 0. The minimum absolute atomic E-state index is 0.0945. The fraction of sp³-hybridized carbons (Fsp3) is 0.381. The second kappa shape index (κ2) is 6.47. The summed E-state index contributed by atoms with van der Waals surface area (Å²) in [7, 11) is 0. The van der Waals surface area contributed by atoms with Gasteiger partial charge in [0.25, 0.3) is 0 Å². The van der Waals surface area contributed by atoms with Crippen LogP contribution in [0.25, 0.3) is 0 Å². The summed E-state index contributed by atoms with van der Waals surface area (Å²) in [6.07, 6.45) is 7.28. The maximum absolute atomic E-state index is 13.2. The number of rotatable bonds is 3. The van der Waals surface area contributed by atoms with Crippen LogP contribution in [-0.2, 0) is 20.7 Å². The first-order valence-electron chi connectivity index (χ1n) is 8.54. The summed E-state index contributed by atoms with van der Waals surface area (Å²) in [4.78, 5) is 27.7. The van der Waals surface area contributed by atoms with Crippen LogP contribution in [0.3, 0.4) is 0 Å². The van der Waals surface area contributed by atoms with Gasteiger partial charge in [-0.05, 0) is 38.2 Å². The SMILES string of the molecule is CC(C)(C)C(=O)N1[C@H]([C]2[CH][CH][CH][CH]2)OC(=O)[C@@]1(C)Cc1ccccc1. The van der Waals surface area contributed by atoms with Crippen LogP contribution < -0.4 is 0 Å². The zero-order chi connectivity index (χ0) is 18.2. The maximum Gasteiger partial charge on any atom is 0.334 e. The highest BCUT2D eigenvalue weighted by atomic mass is 16.6. The minimum Gasteiger partial charge on any atom is -0.439 e. The molecule has 1 aromatic carbocycles. The average molecular weight is 338 g/mol. The van der Waals surface area contributed by atoms with Crippen molar-refractivity contribution < 1.29 is 14.3 Å². The van der Waals surface area contributed by atoms with Gasteiger partial charge >= 0.3 is 5.97 Å². The molecule has 1 saturated heterocycles. The largest absolute Gasteiger partial charge is 0.439 e. The average Bonchev–Trinajstić information content (AvgIpc) is 3.15. The number of hydrogen-bond acceptors (Lipinski definition) is 3. The molecule has 25 heavy (non-hydrogen) atoms. The normalized spacial score (nSPS) is 27.6. The molecule has 1 aromatic rings. The highest BCUT2D eigenvalue weighted by Gasteiger charge is 2.58. The molecule has 4 nitrogen and oxygen atoms in total. The first kappa shape index (κ1) is 18.0. The lowest BCUT2D eigenvalue weighted by Gasteiger charge is -2.39. The Balaban J connectivity index is 1.98. The van der Waals surface area contributed by atoms with Crippen LogP contribution in [0.5, 0.6) is 0 Å². The smallest absolute Gasteiger partial charge is 0.334 e. The highest BCUT2D eigenvalue weighted by molar-refractivity contribution is 5.93. The lowest BCUT2D eigenvalue weighted by Crippen LogP contribution is -2.57. The molecule has 2 atom stereocenters. The zero-order valence-corrected chi connectivity index (χ0v) is 15.2. The van der Waals surface area contributed by atoms with Gasteiger partial charge in [-0.1, -0.05) is 51.1 Å². The van der Waals surface area contributed by atoms with Crippen molar-refractivity contribution in [2.24, 2.45) is 5.41 Å². The molecule has 0 N–H and O–H groups in total. The van der Waals surface area contributed by atoms with Crippen LogP contribution in [-0.4, -0.2) is 28.5 Å². The van der Waals surface area contributed by atoms with Crippen LogP contribution in [0.4, 0.5) is 0 Å². The molecular weight excluding hydrogens is 314 g/mol. The van der Waals surface area contributed by atoms with E-state index in [-0.39, 0.29) is 11.9 Å². The zero-order valence-electron chi connectivity index (χ0n) is 15.2. The number of hydrogen-bond donors (Lipinski definition) is 0. The highest BCUT2D eigenvalue weighted by Crippen LogP contribution is 2.42. The predicted molar refractivity (Wildman–Crippen MR) is 95.2 cm³/mol. The quantitative estimate of drug-likeness (QED) is 0.796. The number of carbonyl (C=O) groups excluding carboxylic acids is 2. The van der Waals surface area contributed by atoms with Crippen LogP contribution in [0.2, 0.25) is 0 Å². The minimum atomic E-state index is -1.03. The topological polar surface area (TPSA) is 46.6 Å². The summed E-state index contributed by atoms with van der Waals surface area (Å²) in [5.41, 5.74) is -0.651. The van der Waals surface area contributed by atoms with E-state index in [0.717, 1.165) is 11.5 Å². The van der Waals surface area contributed by atoms with Gasteiger partial charge in [-0.2, -0.15) is 0 Å². The van der Waals surface area contributed by atoms with Crippen molar-refractivity contribution >= 4 is 11.9 Å². The molecule has 0 spiro atoms. The summed E-state index contributed by atoms with van der Waals surface area (Å²) in [6, 6.07) is 9.74. The molecule has 131 valence electrons. The lowest BCUT2D eigenvalue weighted by atomic mass is 9.86. The van der Waals surface area contributed by atoms with E-state index in [2.05, 4.69) is 0 Å². The van der Waals surface area contributed by atoms with Crippen molar-refractivity contribution in [2.45, 2.75) is 45.9 Å². The van der Waals surface area contributed by atoms with Crippen molar-refractivity contribution in [1.29, 1.82) is 0 Å². The standard InChI is InChI=1S/C21H24NO3/c1-20(2,3)18(23)22-17(16-12-8-9-13-16)25-19(24)21(22,4)14-15-10-6-5-7-11-15/h5-13,17H,14H2,1-4H3/t17-,21+/m0/s1. The second-order valence-electron chi connectivity index (χ2n) is 7.84. The van der Waals surface area contributed by atoms with Crippen LogP contribution >= 0.6 is 0 Å². The predicted octanol–water partition coefficient (Wildman–Crippen LogP) is 3.15. The van der Waals surface area contributed by atoms with E-state index in [1.165, 1.54) is 0 Å². The number of nitrogens with zero attached hydrogens (tertiary/aromatic N) is 1. The van der Waals surface area contributed by atoms with Crippen molar-refractivity contribution in [3.8, 4) is 0 Å². The number of cyclic esters (lactones) is 1. The maximum atomic E-state index is 13.2. The molecule has 0 unspecified atom stereocenters. The van der Waals surface area contributed by atoms with Gasteiger partial charge in [0.15, 0.2) is 6.23 Å². The molecule has 1 aliphatic carbocycles. The van der Waals surface area contributed by atoms with E-state index in [4.69, 9.17) is 4.74 Å². The fourth-order valence-electron chi connectivity index (χ4n) is 3.25. The molecular formula is C21H24NO3. The molecule has 2 fully saturated rings. The van der Waals surface area contributed by atoms with Crippen molar-refractivity contribution in [3.05, 3.63) is 67.5 Å². The Morgan fingerprint density at radius 3 is 2.32 bits per heavy atom. The Morgan fingerprint density at radius 1 is 1.16 bits per heavy atom. The number of benzene rings is 1. The van der Waals surface area contributed by atoms with Gasteiger partial charge in [0.05, 0.1) is 0 Å². The van der Waals surface area contributed by atoms with Gasteiger partial charge in [0.2, 0.25) is 5.91 Å². The second-order valence-corrected chi connectivity index (χ2v) is 7.84. The first-order valence-corrected chi connectivity index (χ1v) is 8.54. The van der Waals surface area contributed by atoms with Crippen molar-refractivity contribution in [1.82, 2.24) is 4.90 Å². The Kier molecular flexibility index (Phi) is 4.65. The number of amides is 1. The Morgan fingerprint density at radius 2 is 1.76 bits per heavy atom. The Labute approximate surface area is 150 Å². The molecule has 4 heteroatoms. The lowest BCUT2D eigenvalue weighted by molar-refractivity contribution is -0.148. The van der Waals surface area contributed by atoms with Gasteiger partial charge in [-0.15, -0.1) is 0 Å². The molecule has 0 bridgehead atoms. The summed E-state index contributed by atoms with van der Waals surface area (Å²) >= 11 is 0. The van der Waals surface area contributed by atoms with E-state index < -0.39 is 17.2 Å². The fourth-order valence-corrected chi connectivity index (χ4v) is 3.25. The number of ether oxygens (including phenoxy) is 1. The molecule has 1 amide bonds. The van der Waals surface area contributed by atoms with Crippen LogP contribution in [0.15, 0.2) is 30.3 Å². The summed E-state index contributed by atoms with van der Waals surface area (Å²) in [5.74, 6) is 0.367.